The first kappa shape index (κ1) is 20.6. The van der Waals surface area contributed by atoms with Gasteiger partial charge in [-0.05, 0) is 55.0 Å². The molecule has 1 aromatic heterocycles. The molecule has 6 nitrogen and oxygen atoms in total. The van der Waals surface area contributed by atoms with E-state index in [1.807, 2.05) is 31.2 Å². The molecule has 0 unspecified atom stereocenters. The van der Waals surface area contributed by atoms with Gasteiger partial charge in [-0.1, -0.05) is 23.7 Å². The number of pyridine rings is 1. The van der Waals surface area contributed by atoms with E-state index >= 15 is 0 Å². The second-order valence-corrected chi connectivity index (χ2v) is 6.83. The summed E-state index contributed by atoms with van der Waals surface area (Å²) in [5, 5.41) is 1.15. The van der Waals surface area contributed by atoms with Crippen molar-refractivity contribution in [3.63, 3.8) is 0 Å². The molecule has 0 aliphatic rings. The van der Waals surface area contributed by atoms with Gasteiger partial charge in [0.15, 0.2) is 6.61 Å². The molecular formula is C22H21ClN2O4. The first-order valence-electron chi connectivity index (χ1n) is 9.15. The first-order valence-corrected chi connectivity index (χ1v) is 9.53. The van der Waals surface area contributed by atoms with Gasteiger partial charge in [-0.2, -0.15) is 0 Å². The van der Waals surface area contributed by atoms with Gasteiger partial charge in [0.1, 0.15) is 10.9 Å². The van der Waals surface area contributed by atoms with Crippen LogP contribution in [0.4, 0.5) is 0 Å². The van der Waals surface area contributed by atoms with Crippen LogP contribution in [0.2, 0.25) is 5.15 Å². The van der Waals surface area contributed by atoms with Crippen molar-refractivity contribution >= 4 is 34.4 Å². The summed E-state index contributed by atoms with van der Waals surface area (Å²) >= 11 is 5.86. The van der Waals surface area contributed by atoms with E-state index in [9.17, 15) is 9.59 Å². The van der Waals surface area contributed by atoms with Crippen LogP contribution < -0.4 is 4.74 Å². The van der Waals surface area contributed by atoms with Crippen molar-refractivity contribution in [2.45, 2.75) is 13.5 Å². The Hall–Kier alpha value is -3.12. The van der Waals surface area contributed by atoms with E-state index in [-0.39, 0.29) is 12.5 Å². The lowest BCUT2D eigenvalue weighted by atomic mass is 10.1. The zero-order valence-electron chi connectivity index (χ0n) is 16.2. The lowest BCUT2D eigenvalue weighted by Gasteiger charge is -2.17. The van der Waals surface area contributed by atoms with Crippen LogP contribution in [0.15, 0.2) is 54.6 Å². The molecule has 29 heavy (non-hydrogen) atoms. The Morgan fingerprint density at radius 1 is 1.07 bits per heavy atom. The maximum atomic E-state index is 12.3. The Labute approximate surface area is 174 Å². The van der Waals surface area contributed by atoms with Crippen molar-refractivity contribution < 1.29 is 19.1 Å². The van der Waals surface area contributed by atoms with E-state index < -0.39 is 5.97 Å². The van der Waals surface area contributed by atoms with Crippen molar-refractivity contribution in [1.82, 2.24) is 9.88 Å². The maximum absolute atomic E-state index is 12.3. The van der Waals surface area contributed by atoms with Gasteiger partial charge >= 0.3 is 5.97 Å². The molecule has 0 aliphatic carbocycles. The zero-order chi connectivity index (χ0) is 20.8. The van der Waals surface area contributed by atoms with Gasteiger partial charge in [-0.25, -0.2) is 9.78 Å². The molecule has 3 aromatic rings. The largest absolute Gasteiger partial charge is 0.494 e. The predicted octanol–water partition coefficient (Wildman–Crippen LogP) is 4.10. The summed E-state index contributed by atoms with van der Waals surface area (Å²) in [7, 11) is 1.66. The highest BCUT2D eigenvalue weighted by atomic mass is 35.5. The highest BCUT2D eigenvalue weighted by Gasteiger charge is 2.14. The van der Waals surface area contributed by atoms with Gasteiger partial charge < -0.3 is 14.4 Å². The normalized spacial score (nSPS) is 10.6. The lowest BCUT2D eigenvalue weighted by Crippen LogP contribution is -2.30. The zero-order valence-corrected chi connectivity index (χ0v) is 17.0. The molecule has 0 N–H and O–H groups in total. The summed E-state index contributed by atoms with van der Waals surface area (Å²) in [6, 6.07) is 15.9. The van der Waals surface area contributed by atoms with E-state index in [1.54, 1.807) is 37.4 Å². The van der Waals surface area contributed by atoms with Gasteiger partial charge in [0.05, 0.1) is 17.7 Å². The number of aromatic nitrogens is 1. The number of carbonyl (C=O) groups is 2. The van der Waals surface area contributed by atoms with Gasteiger partial charge in [-0.3, -0.25) is 4.79 Å². The maximum Gasteiger partial charge on any atom is 0.338 e. The summed E-state index contributed by atoms with van der Waals surface area (Å²) < 4.78 is 10.6. The molecule has 3 rings (SSSR count). The number of rotatable bonds is 7. The molecule has 0 radical (unpaired) electrons. The lowest BCUT2D eigenvalue weighted by molar-refractivity contribution is -0.133. The van der Waals surface area contributed by atoms with E-state index in [2.05, 4.69) is 4.98 Å². The molecule has 1 amide bonds. The molecule has 7 heteroatoms. The van der Waals surface area contributed by atoms with Crippen LogP contribution in [0.5, 0.6) is 5.75 Å². The van der Waals surface area contributed by atoms with Gasteiger partial charge in [0, 0.05) is 19.0 Å². The number of likely N-dealkylation sites (N-methyl/N-ethyl adjacent to an activating group) is 1. The summed E-state index contributed by atoms with van der Waals surface area (Å²) in [6.45, 7) is 2.60. The van der Waals surface area contributed by atoms with Gasteiger partial charge in [0.25, 0.3) is 5.91 Å². The number of halogens is 1. The quantitative estimate of drug-likeness (QED) is 0.431. The highest BCUT2D eigenvalue weighted by molar-refractivity contribution is 6.29. The van der Waals surface area contributed by atoms with E-state index in [1.165, 1.54) is 4.90 Å². The minimum atomic E-state index is -0.565. The summed E-state index contributed by atoms with van der Waals surface area (Å²) in [5.74, 6) is -0.0712. The standard InChI is InChI=1S/C22H21ClN2O4/c1-3-28-18-8-4-15(5-9-18)13-25(2)21(26)14-29-22(27)17-6-10-19-16(12-17)7-11-20(23)24-19/h4-12H,3,13-14H2,1-2H3. The van der Waals surface area contributed by atoms with Crippen LogP contribution >= 0.6 is 11.6 Å². The SMILES string of the molecule is CCOc1ccc(CN(C)C(=O)COC(=O)c2ccc3nc(Cl)ccc3c2)cc1. The molecule has 150 valence electrons. The van der Waals surface area contributed by atoms with Crippen molar-refractivity contribution in [3.05, 3.63) is 70.9 Å². The molecule has 0 bridgehead atoms. The minimum absolute atomic E-state index is 0.290. The molecule has 0 atom stereocenters. The smallest absolute Gasteiger partial charge is 0.338 e. The number of hydrogen-bond acceptors (Lipinski definition) is 5. The van der Waals surface area contributed by atoms with Crippen LogP contribution in [0.25, 0.3) is 10.9 Å². The van der Waals surface area contributed by atoms with Crippen LogP contribution in [-0.2, 0) is 16.1 Å². The van der Waals surface area contributed by atoms with Crippen LogP contribution in [-0.4, -0.2) is 42.0 Å². The molecule has 0 saturated heterocycles. The average Bonchev–Trinajstić information content (AvgIpc) is 2.72. The van der Waals surface area contributed by atoms with Gasteiger partial charge in [0.2, 0.25) is 0 Å². The molecule has 0 spiro atoms. The van der Waals surface area contributed by atoms with Crippen molar-refractivity contribution in [3.8, 4) is 5.75 Å². The minimum Gasteiger partial charge on any atom is -0.494 e. The fourth-order valence-corrected chi connectivity index (χ4v) is 2.92. The van der Waals surface area contributed by atoms with Crippen molar-refractivity contribution in [2.24, 2.45) is 0 Å². The van der Waals surface area contributed by atoms with Crippen molar-refractivity contribution in [1.29, 1.82) is 0 Å². The molecular weight excluding hydrogens is 392 g/mol. The molecule has 0 fully saturated rings. The topological polar surface area (TPSA) is 68.7 Å². The monoisotopic (exact) mass is 412 g/mol. The summed E-state index contributed by atoms with van der Waals surface area (Å²) in [5.41, 5.74) is 1.99. The number of hydrogen-bond donors (Lipinski definition) is 0. The predicted molar refractivity (Wildman–Crippen MR) is 111 cm³/mol. The third-order valence-electron chi connectivity index (χ3n) is 4.30. The molecule has 0 aliphatic heterocycles. The third kappa shape index (κ3) is 5.45. The van der Waals surface area contributed by atoms with E-state index in [4.69, 9.17) is 21.1 Å². The Bertz CT molecular complexity index is 1020. The molecule has 2 aromatic carbocycles. The number of amides is 1. The number of ether oxygens (including phenoxy) is 2. The third-order valence-corrected chi connectivity index (χ3v) is 4.51. The molecule has 1 heterocycles. The Kier molecular flexibility index (Phi) is 6.67. The second-order valence-electron chi connectivity index (χ2n) is 6.44. The average molecular weight is 413 g/mol. The number of esters is 1. The number of benzene rings is 2. The van der Waals surface area contributed by atoms with E-state index in [0.717, 1.165) is 16.7 Å². The summed E-state index contributed by atoms with van der Waals surface area (Å²) in [4.78, 5) is 30.3. The number of fused-ring (bicyclic) bond motifs is 1. The molecule has 0 saturated carbocycles. The van der Waals surface area contributed by atoms with Crippen LogP contribution in [0.3, 0.4) is 0 Å². The fraction of sp³-hybridized carbons (Fsp3) is 0.227. The second kappa shape index (κ2) is 9.39. The Balaban J connectivity index is 1.55. The van der Waals surface area contributed by atoms with Crippen molar-refractivity contribution in [2.75, 3.05) is 20.3 Å². The first-order chi connectivity index (χ1) is 14.0. The van der Waals surface area contributed by atoms with Crippen LogP contribution in [0.1, 0.15) is 22.8 Å². The Morgan fingerprint density at radius 3 is 2.55 bits per heavy atom. The summed E-state index contributed by atoms with van der Waals surface area (Å²) in [6.07, 6.45) is 0. The Morgan fingerprint density at radius 2 is 1.83 bits per heavy atom. The van der Waals surface area contributed by atoms with Gasteiger partial charge in [-0.15, -0.1) is 0 Å². The number of nitrogens with zero attached hydrogens (tertiary/aromatic N) is 2. The number of carbonyl (C=O) groups excluding carboxylic acids is 2. The van der Waals surface area contributed by atoms with E-state index in [0.29, 0.717) is 29.4 Å². The fourth-order valence-electron chi connectivity index (χ4n) is 2.77. The van der Waals surface area contributed by atoms with Crippen LogP contribution in [0, 0.1) is 0 Å². The highest BCUT2D eigenvalue weighted by Crippen LogP contribution is 2.18.